The molecule has 4 rings (SSSR count). The molecule has 25 heavy (non-hydrogen) atoms. The van der Waals surface area contributed by atoms with Crippen molar-refractivity contribution in [2.24, 2.45) is 0 Å². The van der Waals surface area contributed by atoms with Crippen LogP contribution < -0.4 is 5.32 Å². The number of amides is 1. The summed E-state index contributed by atoms with van der Waals surface area (Å²) in [6, 6.07) is 16.2. The number of ether oxygens (including phenoxy) is 1. The van der Waals surface area contributed by atoms with Gasteiger partial charge in [0.05, 0.1) is 18.4 Å². The molecule has 0 saturated heterocycles. The Bertz CT molecular complexity index is 1010. The zero-order valence-electron chi connectivity index (χ0n) is 13.3. The first-order valence-electron chi connectivity index (χ1n) is 7.64. The number of nitrogens with one attached hydrogen (secondary N) is 1. The Kier molecular flexibility index (Phi) is 3.50. The highest BCUT2D eigenvalue weighted by Crippen LogP contribution is 2.35. The Morgan fingerprint density at radius 3 is 2.56 bits per heavy atom. The van der Waals surface area contributed by atoms with Gasteiger partial charge in [-0.3, -0.25) is 10.1 Å². The third-order valence-corrected chi connectivity index (χ3v) is 4.06. The summed E-state index contributed by atoms with van der Waals surface area (Å²) < 4.78 is 4.59. The van der Waals surface area contributed by atoms with E-state index in [4.69, 9.17) is 0 Å². The van der Waals surface area contributed by atoms with E-state index >= 15 is 0 Å². The van der Waals surface area contributed by atoms with Crippen molar-refractivity contribution < 1.29 is 14.3 Å². The summed E-state index contributed by atoms with van der Waals surface area (Å²) in [5.74, 6) is -0.0504. The normalized spacial score (nSPS) is 11.6. The van der Waals surface area contributed by atoms with Crippen molar-refractivity contribution in [1.82, 2.24) is 10.2 Å². The number of fused-ring (bicyclic) bond motifs is 3. The third-order valence-electron chi connectivity index (χ3n) is 4.06. The summed E-state index contributed by atoms with van der Waals surface area (Å²) in [5, 5.41) is 11.1. The first kappa shape index (κ1) is 15.0. The highest BCUT2D eigenvalue weighted by atomic mass is 16.5. The van der Waals surface area contributed by atoms with Gasteiger partial charge < -0.3 is 4.74 Å². The van der Waals surface area contributed by atoms with Crippen LogP contribution in [0.5, 0.6) is 0 Å². The molecule has 0 aliphatic heterocycles. The number of nitrogens with zero attached hydrogens (tertiary/aromatic N) is 2. The minimum Gasteiger partial charge on any atom is -0.453 e. The molecule has 1 aliphatic rings. The van der Waals surface area contributed by atoms with Gasteiger partial charge in [0.1, 0.15) is 5.69 Å². The van der Waals surface area contributed by atoms with Crippen molar-refractivity contribution in [1.29, 1.82) is 0 Å². The van der Waals surface area contributed by atoms with Gasteiger partial charge in [0, 0.05) is 22.4 Å². The molecule has 3 aromatic rings. The molecule has 1 heterocycles. The molecule has 122 valence electrons. The maximum absolute atomic E-state index is 12.6. The highest BCUT2D eigenvalue weighted by molar-refractivity contribution is 6.21. The minimum atomic E-state index is -0.553. The predicted molar refractivity (Wildman–Crippen MR) is 92.4 cm³/mol. The van der Waals surface area contributed by atoms with Crippen LogP contribution in [0.25, 0.3) is 22.5 Å². The van der Waals surface area contributed by atoms with Crippen LogP contribution in [0.4, 0.5) is 10.5 Å². The SMILES string of the molecule is COC(=O)Nc1cccc(-c2cc3c(nn2)-c2ccccc2C3=O)c1. The number of methoxy groups -OCH3 is 1. The van der Waals surface area contributed by atoms with Gasteiger partial charge >= 0.3 is 6.09 Å². The van der Waals surface area contributed by atoms with Crippen LogP contribution in [0, 0.1) is 0 Å². The van der Waals surface area contributed by atoms with E-state index in [1.807, 2.05) is 24.3 Å². The molecule has 0 bridgehead atoms. The second-order valence-electron chi connectivity index (χ2n) is 5.56. The van der Waals surface area contributed by atoms with Crippen molar-refractivity contribution in [3.8, 4) is 22.5 Å². The molecule has 0 radical (unpaired) electrons. The smallest absolute Gasteiger partial charge is 0.411 e. The fourth-order valence-corrected chi connectivity index (χ4v) is 2.86. The van der Waals surface area contributed by atoms with Crippen LogP contribution in [0.1, 0.15) is 15.9 Å². The number of hydrogen-bond donors (Lipinski definition) is 1. The third kappa shape index (κ3) is 2.53. The average molecular weight is 331 g/mol. The quantitative estimate of drug-likeness (QED) is 0.607. The van der Waals surface area contributed by atoms with Crippen LogP contribution in [0.3, 0.4) is 0 Å². The van der Waals surface area contributed by atoms with Crippen LogP contribution in [-0.2, 0) is 4.74 Å². The van der Waals surface area contributed by atoms with Gasteiger partial charge in [-0.2, -0.15) is 0 Å². The van der Waals surface area contributed by atoms with E-state index < -0.39 is 6.09 Å². The number of benzene rings is 2. The van der Waals surface area contributed by atoms with E-state index in [0.717, 1.165) is 11.1 Å². The summed E-state index contributed by atoms with van der Waals surface area (Å²) >= 11 is 0. The largest absolute Gasteiger partial charge is 0.453 e. The van der Waals surface area contributed by atoms with E-state index in [9.17, 15) is 9.59 Å². The fourth-order valence-electron chi connectivity index (χ4n) is 2.86. The molecule has 0 saturated carbocycles. The molecule has 0 atom stereocenters. The summed E-state index contributed by atoms with van der Waals surface area (Å²) in [6.45, 7) is 0. The van der Waals surface area contributed by atoms with Gasteiger partial charge in [0.15, 0.2) is 5.78 Å². The minimum absolute atomic E-state index is 0.0504. The van der Waals surface area contributed by atoms with Gasteiger partial charge in [-0.05, 0) is 18.2 Å². The molecular formula is C19H13N3O3. The number of aromatic nitrogens is 2. The van der Waals surface area contributed by atoms with E-state index in [-0.39, 0.29) is 5.78 Å². The highest BCUT2D eigenvalue weighted by Gasteiger charge is 2.28. The molecular weight excluding hydrogens is 318 g/mol. The van der Waals surface area contributed by atoms with Gasteiger partial charge in [0.25, 0.3) is 0 Å². The molecule has 0 unspecified atom stereocenters. The molecule has 1 N–H and O–H groups in total. The Morgan fingerprint density at radius 1 is 0.960 bits per heavy atom. The van der Waals surface area contributed by atoms with Crippen molar-refractivity contribution in [2.45, 2.75) is 0 Å². The van der Waals surface area contributed by atoms with Crippen LogP contribution in [0.2, 0.25) is 0 Å². The Balaban J connectivity index is 1.74. The van der Waals surface area contributed by atoms with Crippen LogP contribution >= 0.6 is 0 Å². The molecule has 6 heteroatoms. The number of hydrogen-bond acceptors (Lipinski definition) is 5. The van der Waals surface area contributed by atoms with Crippen molar-refractivity contribution in [2.75, 3.05) is 12.4 Å². The maximum Gasteiger partial charge on any atom is 0.411 e. The molecule has 2 aromatic carbocycles. The molecule has 0 spiro atoms. The second kappa shape index (κ2) is 5.83. The van der Waals surface area contributed by atoms with Crippen molar-refractivity contribution >= 4 is 17.6 Å². The maximum atomic E-state index is 12.6. The lowest BCUT2D eigenvalue weighted by atomic mass is 10.1. The topological polar surface area (TPSA) is 81.2 Å². The zero-order valence-corrected chi connectivity index (χ0v) is 13.3. The number of carbonyl (C=O) groups is 2. The van der Waals surface area contributed by atoms with Gasteiger partial charge in [-0.1, -0.05) is 36.4 Å². The van der Waals surface area contributed by atoms with E-state index in [0.29, 0.717) is 28.2 Å². The van der Waals surface area contributed by atoms with E-state index in [2.05, 4.69) is 20.3 Å². The Labute approximate surface area is 143 Å². The van der Waals surface area contributed by atoms with Gasteiger partial charge in [-0.25, -0.2) is 4.79 Å². The fraction of sp³-hybridized carbons (Fsp3) is 0.0526. The number of ketones is 1. The predicted octanol–water partition coefficient (Wildman–Crippen LogP) is 3.53. The van der Waals surface area contributed by atoms with Crippen LogP contribution in [0.15, 0.2) is 54.6 Å². The van der Waals surface area contributed by atoms with E-state index in [1.165, 1.54) is 7.11 Å². The Morgan fingerprint density at radius 2 is 1.76 bits per heavy atom. The zero-order chi connectivity index (χ0) is 17.4. The molecule has 1 aliphatic carbocycles. The standard InChI is InChI=1S/C19H13N3O3/c1-25-19(24)20-12-6-4-5-11(9-12)16-10-15-17(22-21-16)13-7-2-3-8-14(13)18(15)23/h2-10H,1H3,(H,20,24). The number of carbonyl (C=O) groups excluding carboxylic acids is 2. The molecule has 1 aromatic heterocycles. The lowest BCUT2D eigenvalue weighted by Gasteiger charge is -2.07. The van der Waals surface area contributed by atoms with E-state index in [1.54, 1.807) is 30.3 Å². The summed E-state index contributed by atoms with van der Waals surface area (Å²) in [4.78, 5) is 23.9. The first-order chi connectivity index (χ1) is 12.2. The van der Waals surface area contributed by atoms with Gasteiger partial charge in [0.2, 0.25) is 0 Å². The van der Waals surface area contributed by atoms with Crippen molar-refractivity contribution in [3.05, 3.63) is 65.7 Å². The lowest BCUT2D eigenvalue weighted by molar-refractivity contribution is 0.104. The van der Waals surface area contributed by atoms with Gasteiger partial charge in [-0.15, -0.1) is 10.2 Å². The number of anilines is 1. The second-order valence-corrected chi connectivity index (χ2v) is 5.56. The average Bonchev–Trinajstić information content (AvgIpc) is 2.94. The summed E-state index contributed by atoms with van der Waals surface area (Å²) in [6.07, 6.45) is -0.553. The molecule has 1 amide bonds. The first-order valence-corrected chi connectivity index (χ1v) is 7.64. The lowest BCUT2D eigenvalue weighted by Crippen LogP contribution is -2.10. The number of rotatable bonds is 2. The Hall–Kier alpha value is -3.54. The summed E-state index contributed by atoms with van der Waals surface area (Å²) in [5.41, 5.74) is 4.47. The summed E-state index contributed by atoms with van der Waals surface area (Å²) in [7, 11) is 1.30. The molecule has 6 nitrogen and oxygen atoms in total. The molecule has 0 fully saturated rings. The van der Waals surface area contributed by atoms with Crippen LogP contribution in [-0.4, -0.2) is 29.2 Å². The monoisotopic (exact) mass is 331 g/mol. The van der Waals surface area contributed by atoms with Crippen molar-refractivity contribution in [3.63, 3.8) is 0 Å².